The highest BCUT2D eigenvalue weighted by atomic mass is 32.1. The lowest BCUT2D eigenvalue weighted by molar-refractivity contribution is -0.669. The van der Waals surface area contributed by atoms with Gasteiger partial charge in [-0.25, -0.2) is 0 Å². The van der Waals surface area contributed by atoms with Crippen LogP contribution in [0.15, 0.2) is 60.7 Å². The highest BCUT2D eigenvalue weighted by molar-refractivity contribution is 7.18. The number of thiazole rings is 1. The molecular formula is C28H33N2S+. The number of rotatable bonds is 9. The molecule has 4 rings (SSSR count). The van der Waals surface area contributed by atoms with Crippen LogP contribution in [0.2, 0.25) is 0 Å². The number of benzene rings is 3. The van der Waals surface area contributed by atoms with Crippen molar-refractivity contribution in [3.05, 3.63) is 71.2 Å². The number of hydrogen-bond donors (Lipinski definition) is 0. The molecule has 0 fully saturated rings. The van der Waals surface area contributed by atoms with Gasteiger partial charge in [0.1, 0.15) is 4.70 Å². The summed E-state index contributed by atoms with van der Waals surface area (Å²) in [5.74, 6) is 0. The second kappa shape index (κ2) is 10.1. The third-order valence-corrected chi connectivity index (χ3v) is 7.07. The minimum Gasteiger partial charge on any atom is -0.377 e. The molecule has 0 amide bonds. The van der Waals surface area contributed by atoms with Gasteiger partial charge >= 0.3 is 0 Å². The van der Waals surface area contributed by atoms with Crippen molar-refractivity contribution in [2.75, 3.05) is 19.0 Å². The van der Waals surface area contributed by atoms with Crippen LogP contribution in [-0.2, 0) is 6.54 Å². The minimum atomic E-state index is 1.09. The van der Waals surface area contributed by atoms with Gasteiger partial charge in [0.05, 0.1) is 0 Å². The van der Waals surface area contributed by atoms with Gasteiger partial charge in [0.15, 0.2) is 6.54 Å². The lowest BCUT2D eigenvalue weighted by atomic mass is 10.0. The summed E-state index contributed by atoms with van der Waals surface area (Å²) in [7, 11) is 4.22. The number of unbranched alkanes of at least 4 members (excludes halogenated alkanes) is 4. The molecule has 1 heterocycles. The van der Waals surface area contributed by atoms with Crippen LogP contribution in [0.3, 0.4) is 0 Å². The molecule has 1 aromatic heterocycles. The molecular weight excluding hydrogens is 396 g/mol. The van der Waals surface area contributed by atoms with E-state index in [1.807, 2.05) is 11.3 Å². The van der Waals surface area contributed by atoms with E-state index in [0.29, 0.717) is 0 Å². The van der Waals surface area contributed by atoms with E-state index in [1.54, 1.807) is 0 Å². The van der Waals surface area contributed by atoms with Crippen molar-refractivity contribution in [1.82, 2.24) is 0 Å². The van der Waals surface area contributed by atoms with Gasteiger partial charge in [-0.05, 0) is 35.6 Å². The highest BCUT2D eigenvalue weighted by Gasteiger charge is 2.17. The summed E-state index contributed by atoms with van der Waals surface area (Å²) in [6.45, 7) is 3.37. The molecule has 2 nitrogen and oxygen atoms in total. The first-order valence-corrected chi connectivity index (χ1v) is 12.3. The average molecular weight is 430 g/mol. The molecule has 0 N–H and O–H groups in total. The summed E-state index contributed by atoms with van der Waals surface area (Å²) in [6, 6.07) is 22.0. The standard InChI is InChI=1S/C28H33N2S/c1-4-5-6-7-12-21-30-26-15-10-11-16-27(26)31-28(30)20-18-22-17-19-25(29(2)3)24-14-9-8-13-23(22)24/h8-11,13-20H,4-7,12,21H2,1-3H3/q+1. The summed E-state index contributed by atoms with van der Waals surface area (Å²) in [5.41, 5.74) is 3.89. The van der Waals surface area contributed by atoms with Gasteiger partial charge in [-0.15, -0.1) is 0 Å². The molecule has 0 spiro atoms. The second-order valence-electron chi connectivity index (χ2n) is 8.42. The number of hydrogen-bond acceptors (Lipinski definition) is 2. The van der Waals surface area contributed by atoms with Gasteiger partial charge in [0, 0.05) is 43.7 Å². The van der Waals surface area contributed by atoms with Gasteiger partial charge in [0.2, 0.25) is 5.52 Å². The zero-order valence-electron chi connectivity index (χ0n) is 19.0. The Balaban J connectivity index is 1.67. The van der Waals surface area contributed by atoms with E-state index in [2.05, 4.69) is 103 Å². The molecule has 4 aromatic rings. The van der Waals surface area contributed by atoms with Crippen LogP contribution in [0.1, 0.15) is 49.6 Å². The molecule has 0 atom stereocenters. The van der Waals surface area contributed by atoms with Crippen LogP contribution in [0.4, 0.5) is 5.69 Å². The van der Waals surface area contributed by atoms with E-state index in [4.69, 9.17) is 0 Å². The molecule has 3 heteroatoms. The third-order valence-electron chi connectivity index (χ3n) is 5.94. The molecule has 31 heavy (non-hydrogen) atoms. The molecule has 0 aliphatic heterocycles. The SMILES string of the molecule is CCCCCCC[n+]1c(C=Cc2ccc(N(C)C)c3ccccc23)sc2ccccc21. The lowest BCUT2D eigenvalue weighted by Gasteiger charge is -2.16. The van der Waals surface area contributed by atoms with Crippen molar-refractivity contribution < 1.29 is 4.57 Å². The number of para-hydroxylation sites is 1. The smallest absolute Gasteiger partial charge is 0.262 e. The molecule has 160 valence electrons. The van der Waals surface area contributed by atoms with E-state index in [-0.39, 0.29) is 0 Å². The first-order valence-electron chi connectivity index (χ1n) is 11.5. The van der Waals surface area contributed by atoms with E-state index in [9.17, 15) is 0 Å². The Kier molecular flexibility index (Phi) is 7.03. The van der Waals surface area contributed by atoms with Crippen LogP contribution in [0.25, 0.3) is 33.1 Å². The van der Waals surface area contributed by atoms with Crippen LogP contribution in [-0.4, -0.2) is 14.1 Å². The fraction of sp³-hybridized carbons (Fsp3) is 0.321. The van der Waals surface area contributed by atoms with Gasteiger partial charge in [-0.3, -0.25) is 0 Å². The zero-order chi connectivity index (χ0) is 21.6. The Hall–Kier alpha value is -2.65. The predicted molar refractivity (Wildman–Crippen MR) is 138 cm³/mol. The largest absolute Gasteiger partial charge is 0.377 e. The van der Waals surface area contributed by atoms with E-state index < -0.39 is 0 Å². The third kappa shape index (κ3) is 4.83. The lowest BCUT2D eigenvalue weighted by Crippen LogP contribution is -2.34. The maximum Gasteiger partial charge on any atom is 0.262 e. The fourth-order valence-corrected chi connectivity index (χ4v) is 5.37. The summed E-state index contributed by atoms with van der Waals surface area (Å²) >= 11 is 1.89. The summed E-state index contributed by atoms with van der Waals surface area (Å²) in [6.07, 6.45) is 11.1. The zero-order valence-corrected chi connectivity index (χ0v) is 19.8. The molecule has 0 aliphatic rings. The highest BCUT2D eigenvalue weighted by Crippen LogP contribution is 2.30. The van der Waals surface area contributed by atoms with Crippen LogP contribution >= 0.6 is 11.3 Å². The molecule has 0 unspecified atom stereocenters. The predicted octanol–water partition coefficient (Wildman–Crippen LogP) is 7.55. The summed E-state index contributed by atoms with van der Waals surface area (Å²) in [5, 5.41) is 3.93. The van der Waals surface area contributed by atoms with Gasteiger partial charge in [0.25, 0.3) is 5.01 Å². The number of nitrogens with zero attached hydrogens (tertiary/aromatic N) is 2. The quantitative estimate of drug-likeness (QED) is 0.197. The molecule has 3 aromatic carbocycles. The van der Waals surface area contributed by atoms with Gasteiger partial charge in [-0.1, -0.05) is 80.0 Å². The molecule has 0 aliphatic carbocycles. The Bertz CT molecular complexity index is 1190. The molecule has 0 bridgehead atoms. The van der Waals surface area contributed by atoms with Crippen LogP contribution in [0, 0.1) is 0 Å². The maximum atomic E-state index is 2.51. The monoisotopic (exact) mass is 429 g/mol. The van der Waals surface area contributed by atoms with E-state index in [0.717, 1.165) is 6.54 Å². The maximum absolute atomic E-state index is 2.51. The van der Waals surface area contributed by atoms with Gasteiger partial charge < -0.3 is 4.90 Å². The topological polar surface area (TPSA) is 7.12 Å². The summed E-state index contributed by atoms with van der Waals surface area (Å²) in [4.78, 5) is 2.19. The van der Waals surface area contributed by atoms with Crippen molar-refractivity contribution in [3.8, 4) is 0 Å². The van der Waals surface area contributed by atoms with Crippen molar-refractivity contribution in [3.63, 3.8) is 0 Å². The first kappa shape index (κ1) is 21.6. The molecule has 0 saturated carbocycles. The fourth-order valence-electron chi connectivity index (χ4n) is 4.28. The first-order chi connectivity index (χ1) is 15.2. The van der Waals surface area contributed by atoms with Crippen molar-refractivity contribution in [2.24, 2.45) is 0 Å². The average Bonchev–Trinajstić information content (AvgIpc) is 3.14. The Morgan fingerprint density at radius 2 is 1.55 bits per heavy atom. The molecule has 0 saturated heterocycles. The number of aryl methyl sites for hydroxylation is 1. The number of fused-ring (bicyclic) bond motifs is 2. The molecule has 0 radical (unpaired) electrons. The minimum absolute atomic E-state index is 1.09. The normalized spacial score (nSPS) is 11.7. The Labute approximate surface area is 190 Å². The van der Waals surface area contributed by atoms with E-state index in [1.165, 1.54) is 69.4 Å². The summed E-state index contributed by atoms with van der Waals surface area (Å²) < 4.78 is 3.88. The van der Waals surface area contributed by atoms with Gasteiger partial charge in [-0.2, -0.15) is 4.57 Å². The number of anilines is 1. The Morgan fingerprint density at radius 3 is 2.35 bits per heavy atom. The van der Waals surface area contributed by atoms with Crippen molar-refractivity contribution >= 4 is 50.2 Å². The number of aromatic nitrogens is 1. The van der Waals surface area contributed by atoms with Crippen molar-refractivity contribution in [2.45, 2.75) is 45.6 Å². The van der Waals surface area contributed by atoms with Crippen molar-refractivity contribution in [1.29, 1.82) is 0 Å². The van der Waals surface area contributed by atoms with E-state index >= 15 is 0 Å². The Morgan fingerprint density at radius 1 is 0.806 bits per heavy atom. The van der Waals surface area contributed by atoms with Crippen LogP contribution in [0.5, 0.6) is 0 Å². The van der Waals surface area contributed by atoms with Crippen LogP contribution < -0.4 is 9.47 Å². The second-order valence-corrected chi connectivity index (χ2v) is 9.48.